The molecule has 0 aromatic heterocycles. The van der Waals surface area contributed by atoms with E-state index in [0.29, 0.717) is 0 Å². The SMILES string of the molecule is CCOC(=O)C(OCC)=C1C(=O)NC(=O)N1C. The molecule has 0 saturated carbocycles. The standard InChI is InChI=1S/C10H14N2O5/c1-4-16-7(9(14)17-5-2)6-8(13)11-10(15)12(6)3/h4-5H2,1-3H3,(H,11,13,15). The number of ether oxygens (including phenoxy) is 2. The fraction of sp³-hybridized carbons (Fsp3) is 0.500. The van der Waals surface area contributed by atoms with Gasteiger partial charge in [0.05, 0.1) is 13.2 Å². The van der Waals surface area contributed by atoms with Crippen LogP contribution in [0.4, 0.5) is 4.79 Å². The lowest BCUT2D eigenvalue weighted by atomic mass is 10.3. The van der Waals surface area contributed by atoms with Crippen molar-refractivity contribution in [3.8, 4) is 0 Å². The van der Waals surface area contributed by atoms with E-state index in [1.807, 2.05) is 0 Å². The van der Waals surface area contributed by atoms with Crippen molar-refractivity contribution in [1.29, 1.82) is 0 Å². The van der Waals surface area contributed by atoms with Gasteiger partial charge >= 0.3 is 12.0 Å². The summed E-state index contributed by atoms with van der Waals surface area (Å²) in [5.41, 5.74) is -0.129. The monoisotopic (exact) mass is 242 g/mol. The number of rotatable bonds is 4. The molecule has 1 fully saturated rings. The van der Waals surface area contributed by atoms with Crippen LogP contribution in [0, 0.1) is 0 Å². The van der Waals surface area contributed by atoms with Gasteiger partial charge in [-0.05, 0) is 13.8 Å². The van der Waals surface area contributed by atoms with Crippen LogP contribution in [0.1, 0.15) is 13.8 Å². The van der Waals surface area contributed by atoms with Gasteiger partial charge in [0, 0.05) is 7.05 Å². The van der Waals surface area contributed by atoms with Crippen LogP contribution in [0.25, 0.3) is 0 Å². The highest BCUT2D eigenvalue weighted by molar-refractivity contribution is 6.14. The second-order valence-corrected chi connectivity index (χ2v) is 3.15. The summed E-state index contributed by atoms with van der Waals surface area (Å²) in [6, 6.07) is -0.605. The number of likely N-dealkylation sites (N-methyl/N-ethyl adjacent to an activating group) is 1. The number of urea groups is 1. The Hall–Kier alpha value is -2.05. The van der Waals surface area contributed by atoms with Gasteiger partial charge in [-0.2, -0.15) is 0 Å². The summed E-state index contributed by atoms with van der Waals surface area (Å²) in [7, 11) is 1.37. The van der Waals surface area contributed by atoms with Crippen molar-refractivity contribution in [1.82, 2.24) is 10.2 Å². The largest absolute Gasteiger partial charge is 0.485 e. The first kappa shape index (κ1) is 13.0. The first-order chi connectivity index (χ1) is 8.02. The Kier molecular flexibility index (Phi) is 4.08. The van der Waals surface area contributed by atoms with E-state index in [1.165, 1.54) is 7.05 Å². The van der Waals surface area contributed by atoms with Gasteiger partial charge in [0.1, 0.15) is 0 Å². The maximum absolute atomic E-state index is 11.6. The Morgan fingerprint density at radius 2 is 1.82 bits per heavy atom. The molecule has 1 aliphatic rings. The minimum Gasteiger partial charge on any atom is -0.485 e. The van der Waals surface area contributed by atoms with Crippen molar-refractivity contribution in [2.45, 2.75) is 13.8 Å². The van der Waals surface area contributed by atoms with Crippen molar-refractivity contribution in [3.63, 3.8) is 0 Å². The molecule has 7 nitrogen and oxygen atoms in total. The fourth-order valence-corrected chi connectivity index (χ4v) is 1.31. The van der Waals surface area contributed by atoms with E-state index >= 15 is 0 Å². The molecule has 0 atom stereocenters. The number of nitrogens with one attached hydrogen (secondary N) is 1. The molecule has 0 aromatic carbocycles. The third kappa shape index (κ3) is 2.55. The van der Waals surface area contributed by atoms with Crippen molar-refractivity contribution < 1.29 is 23.9 Å². The van der Waals surface area contributed by atoms with Gasteiger partial charge in [-0.1, -0.05) is 0 Å². The predicted octanol–water partition coefficient (Wildman–Crippen LogP) is -0.0208. The predicted molar refractivity (Wildman–Crippen MR) is 56.6 cm³/mol. The highest BCUT2D eigenvalue weighted by atomic mass is 16.6. The molecule has 0 spiro atoms. The van der Waals surface area contributed by atoms with Gasteiger partial charge < -0.3 is 9.47 Å². The third-order valence-electron chi connectivity index (χ3n) is 2.04. The first-order valence-corrected chi connectivity index (χ1v) is 5.16. The lowest BCUT2D eigenvalue weighted by Gasteiger charge is -2.13. The number of carbonyl (C=O) groups is 3. The summed E-state index contributed by atoms with van der Waals surface area (Å²) in [6.45, 7) is 3.64. The summed E-state index contributed by atoms with van der Waals surface area (Å²) >= 11 is 0. The number of esters is 1. The van der Waals surface area contributed by atoms with Crippen LogP contribution in [-0.4, -0.2) is 43.1 Å². The molecular formula is C10H14N2O5. The smallest absolute Gasteiger partial charge is 0.376 e. The van der Waals surface area contributed by atoms with E-state index in [1.54, 1.807) is 13.8 Å². The Morgan fingerprint density at radius 1 is 1.24 bits per heavy atom. The van der Waals surface area contributed by atoms with Gasteiger partial charge in [0.25, 0.3) is 5.91 Å². The van der Waals surface area contributed by atoms with Crippen LogP contribution in [0.3, 0.4) is 0 Å². The van der Waals surface area contributed by atoms with Gasteiger partial charge in [0.15, 0.2) is 5.70 Å². The average molecular weight is 242 g/mol. The highest BCUT2D eigenvalue weighted by Crippen LogP contribution is 2.17. The molecular weight excluding hydrogens is 228 g/mol. The zero-order valence-electron chi connectivity index (χ0n) is 9.90. The Bertz CT molecular complexity index is 388. The Labute approximate surface area is 98.3 Å². The van der Waals surface area contributed by atoms with Crippen LogP contribution < -0.4 is 5.32 Å². The van der Waals surface area contributed by atoms with Crippen molar-refractivity contribution in [2.75, 3.05) is 20.3 Å². The van der Waals surface area contributed by atoms with E-state index in [4.69, 9.17) is 9.47 Å². The summed E-state index contributed by atoms with van der Waals surface area (Å²) in [6.07, 6.45) is 0. The Balaban J connectivity index is 3.13. The maximum Gasteiger partial charge on any atom is 0.376 e. The lowest BCUT2D eigenvalue weighted by molar-refractivity contribution is -0.143. The number of amides is 3. The van der Waals surface area contributed by atoms with E-state index in [9.17, 15) is 14.4 Å². The molecule has 0 unspecified atom stereocenters. The van der Waals surface area contributed by atoms with Crippen LogP contribution in [0.2, 0.25) is 0 Å². The maximum atomic E-state index is 11.6. The molecule has 1 saturated heterocycles. The topological polar surface area (TPSA) is 84.9 Å². The minimum atomic E-state index is -0.763. The fourth-order valence-electron chi connectivity index (χ4n) is 1.31. The molecule has 94 valence electrons. The van der Waals surface area contributed by atoms with Gasteiger partial charge in [-0.3, -0.25) is 15.0 Å². The highest BCUT2D eigenvalue weighted by Gasteiger charge is 2.36. The molecule has 1 heterocycles. The zero-order chi connectivity index (χ0) is 13.0. The molecule has 1 aliphatic heterocycles. The molecule has 1 rings (SSSR count). The number of hydrogen-bond acceptors (Lipinski definition) is 5. The second kappa shape index (κ2) is 5.33. The Morgan fingerprint density at radius 3 is 2.24 bits per heavy atom. The van der Waals surface area contributed by atoms with E-state index < -0.39 is 17.9 Å². The molecule has 17 heavy (non-hydrogen) atoms. The number of hydrogen-bond donors (Lipinski definition) is 1. The molecule has 0 radical (unpaired) electrons. The lowest BCUT2D eigenvalue weighted by Crippen LogP contribution is -2.25. The third-order valence-corrected chi connectivity index (χ3v) is 2.04. The van der Waals surface area contributed by atoms with E-state index in [-0.39, 0.29) is 24.7 Å². The molecule has 0 aliphatic carbocycles. The summed E-state index contributed by atoms with van der Waals surface area (Å²) < 4.78 is 9.84. The number of nitrogens with zero attached hydrogens (tertiary/aromatic N) is 1. The number of carbonyl (C=O) groups excluding carboxylic acids is 3. The molecule has 3 amide bonds. The average Bonchev–Trinajstić information content (AvgIpc) is 2.51. The minimum absolute atomic E-state index is 0.129. The summed E-state index contributed by atoms with van der Waals surface area (Å²) in [4.78, 5) is 35.4. The zero-order valence-corrected chi connectivity index (χ0v) is 9.90. The van der Waals surface area contributed by atoms with Crippen molar-refractivity contribution >= 4 is 17.9 Å². The molecule has 1 N–H and O–H groups in total. The van der Waals surface area contributed by atoms with Gasteiger partial charge in [-0.25, -0.2) is 9.59 Å². The second-order valence-electron chi connectivity index (χ2n) is 3.15. The quantitative estimate of drug-likeness (QED) is 0.324. The molecule has 0 bridgehead atoms. The van der Waals surface area contributed by atoms with Crippen molar-refractivity contribution in [3.05, 3.63) is 11.5 Å². The first-order valence-electron chi connectivity index (χ1n) is 5.16. The van der Waals surface area contributed by atoms with E-state index in [2.05, 4.69) is 5.32 Å². The number of imide groups is 1. The van der Waals surface area contributed by atoms with Gasteiger partial charge in [-0.15, -0.1) is 0 Å². The molecule has 0 aromatic rings. The van der Waals surface area contributed by atoms with Crippen LogP contribution in [0.15, 0.2) is 11.5 Å². The van der Waals surface area contributed by atoms with Crippen LogP contribution in [0.5, 0.6) is 0 Å². The molecule has 7 heteroatoms. The normalized spacial score (nSPS) is 17.9. The van der Waals surface area contributed by atoms with Gasteiger partial charge in [0.2, 0.25) is 5.76 Å². The van der Waals surface area contributed by atoms with Crippen LogP contribution >= 0.6 is 0 Å². The van der Waals surface area contributed by atoms with Crippen molar-refractivity contribution in [2.24, 2.45) is 0 Å². The summed E-state index contributed by atoms with van der Waals surface area (Å²) in [5, 5.41) is 2.05. The summed E-state index contributed by atoms with van der Waals surface area (Å²) in [5.74, 6) is -1.68. The van der Waals surface area contributed by atoms with Crippen LogP contribution in [-0.2, 0) is 19.1 Å². The van der Waals surface area contributed by atoms with E-state index in [0.717, 1.165) is 4.90 Å².